The van der Waals surface area contributed by atoms with Crippen LogP contribution in [-0.4, -0.2) is 46.2 Å². The summed E-state index contributed by atoms with van der Waals surface area (Å²) >= 11 is 1.38. The molecule has 0 bridgehead atoms. The van der Waals surface area contributed by atoms with E-state index in [2.05, 4.69) is 0 Å². The summed E-state index contributed by atoms with van der Waals surface area (Å²) in [7, 11) is 0. The van der Waals surface area contributed by atoms with E-state index in [0.717, 1.165) is 15.8 Å². The summed E-state index contributed by atoms with van der Waals surface area (Å²) in [4.78, 5) is 65.4. The van der Waals surface area contributed by atoms with Crippen LogP contribution in [0.4, 0.5) is 11.4 Å². The Bertz CT molecular complexity index is 1320. The number of nitro groups is 1. The van der Waals surface area contributed by atoms with Gasteiger partial charge in [-0.2, -0.15) is 0 Å². The fraction of sp³-hybridized carbons (Fsp3) is 0.200. The molecule has 2 aromatic carbocycles. The molecule has 1 aliphatic rings. The molecular weight excluding hydrogens is 486 g/mol. The molecule has 10 nitrogen and oxygen atoms in total. The summed E-state index contributed by atoms with van der Waals surface area (Å²) in [6.07, 6.45) is -0.246. The molecule has 1 atom stereocenters. The Morgan fingerprint density at radius 1 is 1.11 bits per heavy atom. The first kappa shape index (κ1) is 24.7. The molecule has 3 amide bonds. The molecule has 184 valence electrons. The van der Waals surface area contributed by atoms with Gasteiger partial charge in [0.15, 0.2) is 0 Å². The Labute approximate surface area is 209 Å². The molecule has 0 radical (unpaired) electrons. The number of hydrogen-bond acceptors (Lipinski definition) is 8. The van der Waals surface area contributed by atoms with Crippen LogP contribution in [0.2, 0.25) is 0 Å². The van der Waals surface area contributed by atoms with Crippen molar-refractivity contribution in [2.75, 3.05) is 11.5 Å². The van der Waals surface area contributed by atoms with Crippen LogP contribution < -0.4 is 4.90 Å². The van der Waals surface area contributed by atoms with Crippen molar-refractivity contribution in [3.05, 3.63) is 92.2 Å². The van der Waals surface area contributed by atoms with Gasteiger partial charge in [0.1, 0.15) is 6.04 Å². The van der Waals surface area contributed by atoms with Crippen molar-refractivity contribution in [3.63, 3.8) is 0 Å². The van der Waals surface area contributed by atoms with E-state index in [-0.39, 0.29) is 42.1 Å². The first-order chi connectivity index (χ1) is 17.3. The highest BCUT2D eigenvalue weighted by Gasteiger charge is 2.44. The molecule has 1 aliphatic heterocycles. The van der Waals surface area contributed by atoms with E-state index in [0.29, 0.717) is 0 Å². The second-order valence-electron chi connectivity index (χ2n) is 7.87. The fourth-order valence-corrected chi connectivity index (χ4v) is 4.61. The predicted molar refractivity (Wildman–Crippen MR) is 131 cm³/mol. The zero-order chi connectivity index (χ0) is 25.8. The minimum absolute atomic E-state index is 0.0400. The Kier molecular flexibility index (Phi) is 7.20. The Morgan fingerprint density at radius 3 is 2.50 bits per heavy atom. The summed E-state index contributed by atoms with van der Waals surface area (Å²) in [5.74, 6) is -2.22. The molecule has 1 aromatic heterocycles. The highest BCUT2D eigenvalue weighted by molar-refractivity contribution is 7.09. The van der Waals surface area contributed by atoms with Crippen molar-refractivity contribution in [2.24, 2.45) is 0 Å². The zero-order valence-electron chi connectivity index (χ0n) is 19.2. The number of benzene rings is 2. The van der Waals surface area contributed by atoms with Crippen LogP contribution >= 0.6 is 11.3 Å². The van der Waals surface area contributed by atoms with Crippen LogP contribution in [0.3, 0.4) is 0 Å². The van der Waals surface area contributed by atoms with Crippen molar-refractivity contribution in [1.29, 1.82) is 0 Å². The Balaban J connectivity index is 1.64. The van der Waals surface area contributed by atoms with E-state index in [1.54, 1.807) is 19.1 Å². The van der Waals surface area contributed by atoms with Gasteiger partial charge < -0.3 is 9.64 Å². The van der Waals surface area contributed by atoms with Gasteiger partial charge in [0, 0.05) is 22.6 Å². The summed E-state index contributed by atoms with van der Waals surface area (Å²) < 4.78 is 4.95. The third kappa shape index (κ3) is 5.01. The van der Waals surface area contributed by atoms with Gasteiger partial charge in [-0.15, -0.1) is 11.3 Å². The van der Waals surface area contributed by atoms with E-state index < -0.39 is 34.7 Å². The Hall–Kier alpha value is -4.38. The molecule has 1 fully saturated rings. The van der Waals surface area contributed by atoms with Crippen molar-refractivity contribution >= 4 is 46.4 Å². The number of rotatable bonds is 8. The predicted octanol–water partition coefficient (Wildman–Crippen LogP) is 3.81. The SMILES string of the molecule is CCOC(=O)c1ccc(N2C(=O)CC(N(Cc3cccs3)C(=O)c3cccc([N+](=O)[O-])c3)C2=O)cc1. The number of imide groups is 1. The van der Waals surface area contributed by atoms with Gasteiger partial charge >= 0.3 is 5.97 Å². The lowest BCUT2D eigenvalue weighted by Crippen LogP contribution is -2.45. The number of non-ortho nitro benzene ring substituents is 1. The highest BCUT2D eigenvalue weighted by atomic mass is 32.1. The molecule has 11 heteroatoms. The molecule has 1 saturated heterocycles. The minimum Gasteiger partial charge on any atom is -0.462 e. The van der Waals surface area contributed by atoms with Gasteiger partial charge in [-0.25, -0.2) is 9.69 Å². The number of thiophene rings is 1. The normalized spacial score (nSPS) is 15.1. The van der Waals surface area contributed by atoms with Crippen LogP contribution in [0.1, 0.15) is 38.9 Å². The third-order valence-corrected chi connectivity index (χ3v) is 6.47. The van der Waals surface area contributed by atoms with Gasteiger partial charge in [0.2, 0.25) is 5.91 Å². The van der Waals surface area contributed by atoms with Gasteiger partial charge in [0.05, 0.1) is 35.7 Å². The number of esters is 1. The van der Waals surface area contributed by atoms with Crippen molar-refractivity contribution in [2.45, 2.75) is 25.9 Å². The second kappa shape index (κ2) is 10.5. The molecule has 0 aliphatic carbocycles. The second-order valence-corrected chi connectivity index (χ2v) is 8.91. The average Bonchev–Trinajstić information content (AvgIpc) is 3.49. The number of amides is 3. The number of anilines is 1. The molecule has 0 N–H and O–H groups in total. The van der Waals surface area contributed by atoms with Gasteiger partial charge in [-0.05, 0) is 48.7 Å². The van der Waals surface area contributed by atoms with Crippen LogP contribution in [0.15, 0.2) is 66.0 Å². The maximum Gasteiger partial charge on any atom is 0.338 e. The quantitative estimate of drug-likeness (QED) is 0.196. The van der Waals surface area contributed by atoms with Crippen LogP contribution in [0.5, 0.6) is 0 Å². The fourth-order valence-electron chi connectivity index (χ4n) is 3.90. The van der Waals surface area contributed by atoms with Crippen LogP contribution in [0.25, 0.3) is 0 Å². The lowest BCUT2D eigenvalue weighted by Gasteiger charge is -2.27. The first-order valence-corrected chi connectivity index (χ1v) is 11.9. The van der Waals surface area contributed by atoms with Gasteiger partial charge in [-0.1, -0.05) is 12.1 Å². The molecule has 0 saturated carbocycles. The average molecular weight is 508 g/mol. The summed E-state index contributed by atoms with van der Waals surface area (Å²) in [5, 5.41) is 13.0. The topological polar surface area (TPSA) is 127 Å². The standard InChI is InChI=1S/C25H21N3O7S/c1-2-35-25(32)16-8-10-18(11-9-16)27-22(29)14-21(24(27)31)26(15-20-7-4-12-36-20)23(30)17-5-3-6-19(13-17)28(33)34/h3-13,21H,2,14-15H2,1H3. The van der Waals surface area contributed by atoms with E-state index >= 15 is 0 Å². The number of hydrogen-bond donors (Lipinski definition) is 0. The molecule has 2 heterocycles. The van der Waals surface area contributed by atoms with Crippen LogP contribution in [0, 0.1) is 10.1 Å². The maximum atomic E-state index is 13.5. The van der Waals surface area contributed by atoms with Crippen LogP contribution in [-0.2, 0) is 20.9 Å². The maximum absolute atomic E-state index is 13.5. The van der Waals surface area contributed by atoms with Crippen molar-refractivity contribution in [1.82, 2.24) is 4.90 Å². The largest absolute Gasteiger partial charge is 0.462 e. The third-order valence-electron chi connectivity index (χ3n) is 5.61. The molecule has 36 heavy (non-hydrogen) atoms. The number of ether oxygens (including phenoxy) is 1. The highest BCUT2D eigenvalue weighted by Crippen LogP contribution is 2.29. The first-order valence-electron chi connectivity index (χ1n) is 11.0. The minimum atomic E-state index is -1.10. The molecule has 1 unspecified atom stereocenters. The lowest BCUT2D eigenvalue weighted by molar-refractivity contribution is -0.384. The Morgan fingerprint density at radius 2 is 1.86 bits per heavy atom. The van der Waals surface area contributed by atoms with E-state index in [1.165, 1.54) is 58.7 Å². The number of nitro benzene ring substituents is 1. The molecule has 3 aromatic rings. The summed E-state index contributed by atoms with van der Waals surface area (Å²) in [6.45, 7) is 1.95. The molecule has 0 spiro atoms. The van der Waals surface area contributed by atoms with Gasteiger partial charge in [-0.3, -0.25) is 24.5 Å². The molecular formula is C25H21N3O7S. The van der Waals surface area contributed by atoms with E-state index in [4.69, 9.17) is 4.74 Å². The zero-order valence-corrected chi connectivity index (χ0v) is 20.0. The van der Waals surface area contributed by atoms with E-state index in [9.17, 15) is 29.3 Å². The monoisotopic (exact) mass is 507 g/mol. The number of carbonyl (C=O) groups is 4. The van der Waals surface area contributed by atoms with Gasteiger partial charge in [0.25, 0.3) is 17.5 Å². The van der Waals surface area contributed by atoms with E-state index in [1.807, 2.05) is 5.38 Å². The number of nitrogens with zero attached hydrogens (tertiary/aromatic N) is 3. The van der Waals surface area contributed by atoms with Crippen molar-refractivity contribution in [3.8, 4) is 0 Å². The number of carbonyl (C=O) groups excluding carboxylic acids is 4. The summed E-state index contributed by atoms with van der Waals surface area (Å²) in [6, 6.07) is 13.6. The molecule has 4 rings (SSSR count). The lowest BCUT2D eigenvalue weighted by atomic mass is 10.1. The summed E-state index contributed by atoms with van der Waals surface area (Å²) in [5.41, 5.74) is 0.322. The smallest absolute Gasteiger partial charge is 0.338 e. The van der Waals surface area contributed by atoms with Crippen molar-refractivity contribution < 1.29 is 28.8 Å².